The van der Waals surface area contributed by atoms with Crippen molar-refractivity contribution in [3.05, 3.63) is 48.0 Å². The van der Waals surface area contributed by atoms with Gasteiger partial charge in [0, 0.05) is 12.8 Å². The lowest BCUT2D eigenvalue weighted by Gasteiger charge is -2.33. The average molecular weight is 332 g/mol. The first-order chi connectivity index (χ1) is 11.7. The summed E-state index contributed by atoms with van der Waals surface area (Å²) >= 11 is 0. The lowest BCUT2D eigenvalue weighted by Crippen LogP contribution is -2.41. The largest absolute Gasteiger partial charge is 0.387 e. The van der Waals surface area contributed by atoms with Gasteiger partial charge in [-0.15, -0.1) is 0 Å². The van der Waals surface area contributed by atoms with Crippen LogP contribution in [0.5, 0.6) is 0 Å². The van der Waals surface area contributed by atoms with Gasteiger partial charge in [0.1, 0.15) is 18.3 Å². The molecule has 0 unspecified atom stereocenters. The molecule has 1 saturated heterocycles. The third-order valence-corrected chi connectivity index (χ3v) is 4.88. The minimum Gasteiger partial charge on any atom is -0.387 e. The number of hydrogen-bond acceptors (Lipinski definition) is 4. The van der Waals surface area contributed by atoms with Crippen molar-refractivity contribution < 1.29 is 19.3 Å². The molecular formula is C20H28O4. The van der Waals surface area contributed by atoms with Gasteiger partial charge in [0.05, 0.1) is 13.2 Å². The minimum absolute atomic E-state index is 0.333. The molecule has 4 nitrogen and oxygen atoms in total. The average Bonchev–Trinajstić information content (AvgIpc) is 3.03. The van der Waals surface area contributed by atoms with Gasteiger partial charge >= 0.3 is 0 Å². The molecule has 1 spiro atoms. The summed E-state index contributed by atoms with van der Waals surface area (Å²) in [4.78, 5) is 0. The van der Waals surface area contributed by atoms with Crippen molar-refractivity contribution in [1.82, 2.24) is 0 Å². The first-order valence-electron chi connectivity index (χ1n) is 9.01. The molecule has 3 atom stereocenters. The van der Waals surface area contributed by atoms with Gasteiger partial charge in [-0.2, -0.15) is 0 Å². The summed E-state index contributed by atoms with van der Waals surface area (Å²) in [5, 5.41) is 10.8. The number of rotatable bonds is 6. The molecule has 2 aliphatic rings. The Morgan fingerprint density at radius 2 is 2.00 bits per heavy atom. The van der Waals surface area contributed by atoms with E-state index in [9.17, 15) is 5.11 Å². The summed E-state index contributed by atoms with van der Waals surface area (Å²) in [5.74, 6) is -0.468. The molecule has 0 amide bonds. The molecule has 0 radical (unpaired) electrons. The van der Waals surface area contributed by atoms with E-state index in [0.29, 0.717) is 13.2 Å². The van der Waals surface area contributed by atoms with Gasteiger partial charge < -0.3 is 19.3 Å². The molecule has 24 heavy (non-hydrogen) atoms. The van der Waals surface area contributed by atoms with Crippen LogP contribution in [0, 0.1) is 0 Å². The smallest absolute Gasteiger partial charge is 0.169 e. The van der Waals surface area contributed by atoms with E-state index in [1.807, 2.05) is 49.4 Å². The SMILES string of the molecule is C/C=C/[C@H](OCc1ccccc1)[C@@H](O)[C@@H]1COC2(CCCCC2)O1. The number of aliphatic hydroxyl groups is 1. The van der Waals surface area contributed by atoms with Crippen LogP contribution in [0.1, 0.15) is 44.6 Å². The Kier molecular flexibility index (Phi) is 6.06. The van der Waals surface area contributed by atoms with Crippen LogP contribution >= 0.6 is 0 Å². The van der Waals surface area contributed by atoms with Gasteiger partial charge in [0.25, 0.3) is 0 Å². The predicted octanol–water partition coefficient (Wildman–Crippen LogP) is 3.58. The summed E-state index contributed by atoms with van der Waals surface area (Å²) in [7, 11) is 0. The van der Waals surface area contributed by atoms with Crippen molar-refractivity contribution in [3.63, 3.8) is 0 Å². The minimum atomic E-state index is -0.730. The van der Waals surface area contributed by atoms with Gasteiger partial charge in [0.15, 0.2) is 5.79 Å². The van der Waals surface area contributed by atoms with Crippen molar-refractivity contribution in [2.75, 3.05) is 6.61 Å². The quantitative estimate of drug-likeness (QED) is 0.809. The molecule has 1 aromatic rings. The molecule has 3 rings (SSSR count). The third kappa shape index (κ3) is 4.25. The van der Waals surface area contributed by atoms with Crippen molar-refractivity contribution in [2.24, 2.45) is 0 Å². The molecule has 132 valence electrons. The Balaban J connectivity index is 1.59. The van der Waals surface area contributed by atoms with Crippen LogP contribution in [0.2, 0.25) is 0 Å². The Bertz CT molecular complexity index is 522. The highest BCUT2D eigenvalue weighted by Crippen LogP contribution is 2.39. The Hall–Kier alpha value is -1.20. The van der Waals surface area contributed by atoms with E-state index in [4.69, 9.17) is 14.2 Å². The highest BCUT2D eigenvalue weighted by atomic mass is 16.7. The zero-order chi connectivity index (χ0) is 16.8. The van der Waals surface area contributed by atoms with Gasteiger partial charge in [-0.3, -0.25) is 0 Å². The van der Waals surface area contributed by atoms with E-state index < -0.39 is 18.0 Å². The molecule has 1 aliphatic carbocycles. The van der Waals surface area contributed by atoms with Gasteiger partial charge in [-0.25, -0.2) is 0 Å². The van der Waals surface area contributed by atoms with Crippen LogP contribution in [0.3, 0.4) is 0 Å². The summed E-state index contributed by atoms with van der Waals surface area (Å²) in [5.41, 5.74) is 1.09. The Morgan fingerprint density at radius 1 is 1.25 bits per heavy atom. The second-order valence-electron chi connectivity index (χ2n) is 6.72. The molecule has 1 aliphatic heterocycles. The van der Waals surface area contributed by atoms with Crippen molar-refractivity contribution in [3.8, 4) is 0 Å². The normalized spacial score (nSPS) is 26.0. The fourth-order valence-electron chi connectivity index (χ4n) is 3.53. The monoisotopic (exact) mass is 332 g/mol. The molecule has 1 heterocycles. The Labute approximate surface area is 144 Å². The molecule has 0 aromatic heterocycles. The summed E-state index contributed by atoms with van der Waals surface area (Å²) in [6.07, 6.45) is 7.69. The van der Waals surface area contributed by atoms with Crippen LogP contribution < -0.4 is 0 Å². The maximum absolute atomic E-state index is 10.8. The van der Waals surface area contributed by atoms with E-state index in [2.05, 4.69) is 0 Å². The number of allylic oxidation sites excluding steroid dienone is 1. The highest BCUT2D eigenvalue weighted by molar-refractivity contribution is 5.13. The van der Waals surface area contributed by atoms with E-state index >= 15 is 0 Å². The van der Waals surface area contributed by atoms with Crippen LogP contribution in [0.4, 0.5) is 0 Å². The number of ether oxygens (including phenoxy) is 3. The summed E-state index contributed by atoms with van der Waals surface area (Å²) < 4.78 is 18.0. The van der Waals surface area contributed by atoms with Crippen LogP contribution in [0.25, 0.3) is 0 Å². The summed E-state index contributed by atoms with van der Waals surface area (Å²) in [6, 6.07) is 9.99. The molecule has 2 fully saturated rings. The first kappa shape index (κ1) is 17.6. The standard InChI is InChI=1S/C20H28O4/c1-2-9-17(22-14-16-10-5-3-6-11-16)19(21)18-15-23-20(24-18)12-7-4-8-13-20/h2-3,5-6,9-11,17-19,21H,4,7-8,12-15H2,1H3/b9-2+/t17-,18-,19+/m0/s1. The third-order valence-electron chi connectivity index (χ3n) is 4.88. The zero-order valence-electron chi connectivity index (χ0n) is 14.4. The van der Waals surface area contributed by atoms with Crippen LogP contribution in [-0.2, 0) is 20.8 Å². The molecule has 0 bridgehead atoms. The zero-order valence-corrected chi connectivity index (χ0v) is 14.4. The highest BCUT2D eigenvalue weighted by Gasteiger charge is 2.45. The van der Waals surface area contributed by atoms with Gasteiger partial charge in [0.2, 0.25) is 0 Å². The predicted molar refractivity (Wildman–Crippen MR) is 92.5 cm³/mol. The number of aliphatic hydroxyl groups excluding tert-OH is 1. The molecule has 4 heteroatoms. The lowest BCUT2D eigenvalue weighted by atomic mass is 9.94. The fraction of sp³-hybridized carbons (Fsp3) is 0.600. The maximum atomic E-state index is 10.8. The van der Waals surface area contributed by atoms with E-state index in [1.165, 1.54) is 6.42 Å². The second kappa shape index (κ2) is 8.26. The van der Waals surface area contributed by atoms with E-state index in [1.54, 1.807) is 0 Å². The van der Waals surface area contributed by atoms with E-state index in [-0.39, 0.29) is 6.10 Å². The molecule has 1 saturated carbocycles. The maximum Gasteiger partial charge on any atom is 0.169 e. The lowest BCUT2D eigenvalue weighted by molar-refractivity contribution is -0.201. The molecule has 1 N–H and O–H groups in total. The molecule has 1 aromatic carbocycles. The fourth-order valence-corrected chi connectivity index (χ4v) is 3.53. The Morgan fingerprint density at radius 3 is 2.71 bits per heavy atom. The van der Waals surface area contributed by atoms with Gasteiger partial charge in [-0.05, 0) is 25.3 Å². The van der Waals surface area contributed by atoms with Crippen molar-refractivity contribution >= 4 is 0 Å². The van der Waals surface area contributed by atoms with Crippen LogP contribution in [0.15, 0.2) is 42.5 Å². The topological polar surface area (TPSA) is 47.9 Å². The van der Waals surface area contributed by atoms with E-state index in [0.717, 1.165) is 31.2 Å². The van der Waals surface area contributed by atoms with Crippen molar-refractivity contribution in [1.29, 1.82) is 0 Å². The number of hydrogen-bond donors (Lipinski definition) is 1. The second-order valence-corrected chi connectivity index (χ2v) is 6.72. The summed E-state index contributed by atoms with van der Waals surface area (Å²) in [6.45, 7) is 2.83. The van der Waals surface area contributed by atoms with Crippen molar-refractivity contribution in [2.45, 2.75) is 69.7 Å². The molecular weight excluding hydrogens is 304 g/mol. The first-order valence-corrected chi connectivity index (χ1v) is 9.01. The number of benzene rings is 1. The van der Waals surface area contributed by atoms with Crippen LogP contribution in [-0.4, -0.2) is 35.8 Å². The van der Waals surface area contributed by atoms with Gasteiger partial charge in [-0.1, -0.05) is 48.9 Å².